The maximum Gasteiger partial charge on any atom is 0.416 e. The van der Waals surface area contributed by atoms with Crippen LogP contribution in [0.4, 0.5) is 17.6 Å². The van der Waals surface area contributed by atoms with Gasteiger partial charge in [-0.25, -0.2) is 4.39 Å². The van der Waals surface area contributed by atoms with Crippen molar-refractivity contribution in [2.45, 2.75) is 12.1 Å². The van der Waals surface area contributed by atoms with Gasteiger partial charge in [0.25, 0.3) is 0 Å². The van der Waals surface area contributed by atoms with Crippen LogP contribution in [0.25, 0.3) is 21.8 Å². The van der Waals surface area contributed by atoms with Crippen molar-refractivity contribution in [2.75, 3.05) is 0 Å². The molecule has 2 N–H and O–H groups in total. The number of halogens is 4. The van der Waals surface area contributed by atoms with Crippen LogP contribution < -0.4 is 0 Å². The molecule has 0 radical (unpaired) electrons. The average Bonchev–Trinajstić information content (AvgIpc) is 3.34. The number of para-hydroxylation sites is 1. The Kier molecular flexibility index (Phi) is 4.17. The number of aromatic nitrogens is 2. The largest absolute Gasteiger partial charge is 0.416 e. The summed E-state index contributed by atoms with van der Waals surface area (Å²) in [5.41, 5.74) is 3.03. The minimum atomic E-state index is -4.41. The molecule has 6 heteroatoms. The second-order valence-electron chi connectivity index (χ2n) is 7.25. The molecule has 0 bridgehead atoms. The zero-order valence-electron chi connectivity index (χ0n) is 15.6. The van der Waals surface area contributed by atoms with Gasteiger partial charge in [0.1, 0.15) is 5.82 Å². The lowest BCUT2D eigenvalue weighted by Crippen LogP contribution is -2.07. The van der Waals surface area contributed by atoms with Crippen LogP contribution in [0.15, 0.2) is 79.1 Å². The molecule has 2 nitrogen and oxygen atoms in total. The highest BCUT2D eigenvalue weighted by Gasteiger charge is 2.31. The second-order valence-corrected chi connectivity index (χ2v) is 7.25. The van der Waals surface area contributed by atoms with Crippen molar-refractivity contribution in [3.63, 3.8) is 0 Å². The zero-order valence-corrected chi connectivity index (χ0v) is 15.6. The topological polar surface area (TPSA) is 31.6 Å². The molecule has 5 rings (SSSR count). The normalized spacial score (nSPS) is 13.2. The summed E-state index contributed by atoms with van der Waals surface area (Å²) in [6.07, 6.45) is -0.841. The number of fused-ring (bicyclic) bond motifs is 2. The molecule has 1 unspecified atom stereocenters. The summed E-state index contributed by atoms with van der Waals surface area (Å²) in [6, 6.07) is 17.5. The van der Waals surface area contributed by atoms with Crippen LogP contribution in [-0.4, -0.2) is 9.97 Å². The van der Waals surface area contributed by atoms with E-state index in [-0.39, 0.29) is 5.82 Å². The summed E-state index contributed by atoms with van der Waals surface area (Å²) in [7, 11) is 0. The average molecular weight is 408 g/mol. The van der Waals surface area contributed by atoms with Crippen LogP contribution in [0.2, 0.25) is 0 Å². The summed E-state index contributed by atoms with van der Waals surface area (Å²) in [6.45, 7) is 0. The van der Waals surface area contributed by atoms with Crippen molar-refractivity contribution in [3.05, 3.63) is 107 Å². The smallest absolute Gasteiger partial charge is 0.361 e. The predicted molar refractivity (Wildman–Crippen MR) is 109 cm³/mol. The number of aromatic amines is 2. The lowest BCUT2D eigenvalue weighted by molar-refractivity contribution is -0.137. The van der Waals surface area contributed by atoms with Crippen molar-refractivity contribution in [1.29, 1.82) is 0 Å². The fourth-order valence-electron chi connectivity index (χ4n) is 4.12. The summed E-state index contributed by atoms with van der Waals surface area (Å²) in [5.74, 6) is -0.824. The van der Waals surface area contributed by atoms with Gasteiger partial charge in [-0.2, -0.15) is 13.2 Å². The molecule has 0 aliphatic carbocycles. The van der Waals surface area contributed by atoms with Crippen molar-refractivity contribution < 1.29 is 17.6 Å². The molecule has 5 aromatic rings. The van der Waals surface area contributed by atoms with Crippen molar-refractivity contribution in [3.8, 4) is 0 Å². The monoisotopic (exact) mass is 408 g/mol. The van der Waals surface area contributed by atoms with E-state index in [0.717, 1.165) is 28.6 Å². The van der Waals surface area contributed by atoms with Gasteiger partial charge in [-0.05, 0) is 47.0 Å². The number of H-pyrrole nitrogens is 2. The Labute approximate surface area is 169 Å². The first-order valence-corrected chi connectivity index (χ1v) is 9.42. The van der Waals surface area contributed by atoms with Gasteiger partial charge in [0, 0.05) is 40.1 Å². The molecule has 3 aromatic carbocycles. The molecule has 0 amide bonds. The minimum Gasteiger partial charge on any atom is -0.361 e. The molecule has 1 atom stereocenters. The van der Waals surface area contributed by atoms with E-state index in [9.17, 15) is 17.6 Å². The molecular weight excluding hydrogens is 392 g/mol. The quantitative estimate of drug-likeness (QED) is 0.302. The lowest BCUT2D eigenvalue weighted by atomic mass is 9.84. The summed E-state index contributed by atoms with van der Waals surface area (Å²) in [4.78, 5) is 6.31. The highest BCUT2D eigenvalue weighted by Crippen LogP contribution is 2.41. The molecule has 2 heterocycles. The van der Waals surface area contributed by atoms with Gasteiger partial charge in [-0.3, -0.25) is 0 Å². The van der Waals surface area contributed by atoms with Gasteiger partial charge in [0.15, 0.2) is 0 Å². The van der Waals surface area contributed by atoms with Gasteiger partial charge in [0.2, 0.25) is 0 Å². The number of benzene rings is 3. The maximum atomic E-state index is 14.8. The first-order valence-electron chi connectivity index (χ1n) is 9.42. The van der Waals surface area contributed by atoms with Crippen LogP contribution >= 0.6 is 0 Å². The SMILES string of the molecule is Fc1cccc2[nH]cc(C(c3ccc(C(F)(F)F)cc3)c3c[nH]c4ccccc34)c12. The van der Waals surface area contributed by atoms with Gasteiger partial charge in [-0.1, -0.05) is 36.4 Å². The molecule has 150 valence electrons. The Hall–Kier alpha value is -3.54. The van der Waals surface area contributed by atoms with E-state index in [4.69, 9.17) is 0 Å². The Balaban J connectivity index is 1.76. The van der Waals surface area contributed by atoms with E-state index in [0.29, 0.717) is 22.0 Å². The van der Waals surface area contributed by atoms with Crippen LogP contribution in [0.3, 0.4) is 0 Å². The van der Waals surface area contributed by atoms with E-state index < -0.39 is 17.7 Å². The van der Waals surface area contributed by atoms with Gasteiger partial charge >= 0.3 is 6.18 Å². The van der Waals surface area contributed by atoms with Crippen LogP contribution in [0.1, 0.15) is 28.2 Å². The van der Waals surface area contributed by atoms with E-state index in [1.165, 1.54) is 18.2 Å². The molecule has 0 saturated carbocycles. The van der Waals surface area contributed by atoms with E-state index in [1.807, 2.05) is 30.5 Å². The number of rotatable bonds is 3. The summed E-state index contributed by atoms with van der Waals surface area (Å²) < 4.78 is 54.0. The molecule has 0 fully saturated rings. The first kappa shape index (κ1) is 18.5. The second kappa shape index (κ2) is 6.76. The third-order valence-electron chi connectivity index (χ3n) is 5.50. The standard InChI is InChI=1S/C24H16F4N2/c25-19-5-3-7-21-23(19)18(13-30-21)22(14-8-10-15(11-9-14)24(26,27)28)17-12-29-20-6-2-1-4-16(17)20/h1-13,22,29-30H. The number of hydrogen-bond donors (Lipinski definition) is 2. The molecule has 0 saturated heterocycles. The van der Waals surface area contributed by atoms with Gasteiger partial charge < -0.3 is 9.97 Å². The number of alkyl halides is 3. The Morgan fingerprint density at radius 2 is 1.37 bits per heavy atom. The number of nitrogens with one attached hydrogen (secondary N) is 2. The van der Waals surface area contributed by atoms with Gasteiger partial charge in [0.05, 0.1) is 5.56 Å². The minimum absolute atomic E-state index is 0.375. The third-order valence-corrected chi connectivity index (χ3v) is 5.50. The molecule has 2 aromatic heterocycles. The molecule has 30 heavy (non-hydrogen) atoms. The summed E-state index contributed by atoms with van der Waals surface area (Å²) in [5, 5.41) is 1.38. The zero-order chi connectivity index (χ0) is 20.9. The lowest BCUT2D eigenvalue weighted by Gasteiger charge is -2.18. The molecule has 0 aliphatic heterocycles. The van der Waals surface area contributed by atoms with Crippen LogP contribution in [-0.2, 0) is 6.18 Å². The van der Waals surface area contributed by atoms with Crippen molar-refractivity contribution in [2.24, 2.45) is 0 Å². The molecule has 0 spiro atoms. The highest BCUT2D eigenvalue weighted by molar-refractivity contribution is 5.89. The Morgan fingerprint density at radius 3 is 2.13 bits per heavy atom. The van der Waals surface area contributed by atoms with Crippen LogP contribution in [0, 0.1) is 5.82 Å². The number of hydrogen-bond acceptors (Lipinski definition) is 0. The first-order chi connectivity index (χ1) is 14.4. The Bertz CT molecular complexity index is 1340. The van der Waals surface area contributed by atoms with E-state index in [2.05, 4.69) is 9.97 Å². The summed E-state index contributed by atoms with van der Waals surface area (Å²) >= 11 is 0. The van der Waals surface area contributed by atoms with Crippen molar-refractivity contribution in [1.82, 2.24) is 9.97 Å². The maximum absolute atomic E-state index is 14.8. The molecule has 0 aliphatic rings. The van der Waals surface area contributed by atoms with Crippen molar-refractivity contribution >= 4 is 21.8 Å². The fraction of sp³-hybridized carbons (Fsp3) is 0.0833. The fourth-order valence-corrected chi connectivity index (χ4v) is 4.12. The predicted octanol–water partition coefficient (Wildman–Crippen LogP) is 6.99. The van der Waals surface area contributed by atoms with E-state index in [1.54, 1.807) is 18.3 Å². The van der Waals surface area contributed by atoms with Gasteiger partial charge in [-0.15, -0.1) is 0 Å². The van der Waals surface area contributed by atoms with Crippen LogP contribution in [0.5, 0.6) is 0 Å². The van der Waals surface area contributed by atoms with E-state index >= 15 is 0 Å². The molecular formula is C24H16F4N2. The Morgan fingerprint density at radius 1 is 0.700 bits per heavy atom. The third kappa shape index (κ3) is 2.96. The highest BCUT2D eigenvalue weighted by atomic mass is 19.4.